The molecule has 1 fully saturated rings. The summed E-state index contributed by atoms with van der Waals surface area (Å²) in [4.78, 5) is 0. The Morgan fingerprint density at radius 1 is 1.19 bits per heavy atom. The lowest BCUT2D eigenvalue weighted by Gasteiger charge is -2.21. The van der Waals surface area contributed by atoms with Crippen molar-refractivity contribution in [2.24, 2.45) is 5.73 Å². The normalized spacial score (nSPS) is 18.5. The third-order valence-corrected chi connectivity index (χ3v) is 5.95. The zero-order valence-electron chi connectivity index (χ0n) is 16.8. The molecule has 3 heteroatoms. The molecule has 1 aliphatic heterocycles. The van der Waals surface area contributed by atoms with Crippen LogP contribution in [0.4, 0.5) is 5.69 Å². The fraction of sp³-hybridized carbons (Fsp3) is 0.565. The molecule has 0 saturated heterocycles. The molecule has 142 valence electrons. The fourth-order valence-corrected chi connectivity index (χ4v) is 4.36. The minimum atomic E-state index is 0.605. The molecule has 0 spiro atoms. The van der Waals surface area contributed by atoms with E-state index in [9.17, 15) is 0 Å². The zero-order valence-corrected chi connectivity index (χ0v) is 16.8. The van der Waals surface area contributed by atoms with Crippen molar-refractivity contribution in [3.63, 3.8) is 0 Å². The molecule has 3 nitrogen and oxygen atoms in total. The van der Waals surface area contributed by atoms with Crippen LogP contribution in [-0.2, 0) is 19.4 Å². The number of allylic oxidation sites excluding steroid dienone is 3. The molecule has 1 heterocycles. The molecule has 0 radical (unpaired) electrons. The number of aryl methyl sites for hydroxylation is 1. The van der Waals surface area contributed by atoms with Crippen molar-refractivity contribution in [1.82, 2.24) is 5.32 Å². The Bertz CT molecular complexity index is 694. The van der Waals surface area contributed by atoms with Crippen molar-refractivity contribution in [2.45, 2.75) is 78.3 Å². The van der Waals surface area contributed by atoms with Crippen LogP contribution in [0.15, 0.2) is 35.1 Å². The van der Waals surface area contributed by atoms with Gasteiger partial charge in [0.05, 0.1) is 0 Å². The maximum atomic E-state index is 6.23. The van der Waals surface area contributed by atoms with Gasteiger partial charge in [0.1, 0.15) is 0 Å². The van der Waals surface area contributed by atoms with Gasteiger partial charge in [-0.3, -0.25) is 0 Å². The Balaban J connectivity index is 1.93. The summed E-state index contributed by atoms with van der Waals surface area (Å²) < 4.78 is 0. The van der Waals surface area contributed by atoms with E-state index >= 15 is 0 Å². The van der Waals surface area contributed by atoms with Crippen LogP contribution in [0.25, 0.3) is 0 Å². The van der Waals surface area contributed by atoms with Gasteiger partial charge in [-0.05, 0) is 80.4 Å². The quantitative estimate of drug-likeness (QED) is 0.687. The van der Waals surface area contributed by atoms with Crippen LogP contribution in [-0.4, -0.2) is 12.6 Å². The topological polar surface area (TPSA) is 50.1 Å². The second kappa shape index (κ2) is 8.77. The lowest BCUT2D eigenvalue weighted by molar-refractivity contribution is 0.751. The van der Waals surface area contributed by atoms with Gasteiger partial charge in [-0.15, -0.1) is 0 Å². The van der Waals surface area contributed by atoms with E-state index in [2.05, 4.69) is 49.6 Å². The molecule has 4 N–H and O–H groups in total. The van der Waals surface area contributed by atoms with Crippen molar-refractivity contribution < 1.29 is 0 Å². The summed E-state index contributed by atoms with van der Waals surface area (Å²) in [5, 5.41) is 7.31. The Kier molecular flexibility index (Phi) is 6.42. The van der Waals surface area contributed by atoms with Gasteiger partial charge in [-0.2, -0.15) is 0 Å². The molecule has 2 aliphatic rings. The van der Waals surface area contributed by atoms with Crippen LogP contribution in [0.1, 0.15) is 69.6 Å². The molecule has 0 atom stereocenters. The van der Waals surface area contributed by atoms with E-state index in [1.165, 1.54) is 64.9 Å². The van der Waals surface area contributed by atoms with Crippen molar-refractivity contribution in [1.29, 1.82) is 0 Å². The number of benzene rings is 1. The van der Waals surface area contributed by atoms with Crippen molar-refractivity contribution in [2.75, 3.05) is 11.9 Å². The maximum absolute atomic E-state index is 6.23. The number of hydrogen-bond acceptors (Lipinski definition) is 3. The summed E-state index contributed by atoms with van der Waals surface area (Å²) >= 11 is 0. The predicted molar refractivity (Wildman–Crippen MR) is 112 cm³/mol. The lowest BCUT2D eigenvalue weighted by atomic mass is 9.91. The van der Waals surface area contributed by atoms with Crippen LogP contribution >= 0.6 is 0 Å². The Labute approximate surface area is 159 Å². The largest absolute Gasteiger partial charge is 0.388 e. The predicted octanol–water partition coefficient (Wildman–Crippen LogP) is 4.82. The van der Waals surface area contributed by atoms with Gasteiger partial charge >= 0.3 is 0 Å². The maximum Gasteiger partial charge on any atom is 0.0393 e. The number of hydrogen-bond donors (Lipinski definition) is 3. The molecule has 0 aromatic heterocycles. The first kappa shape index (κ1) is 19.0. The number of anilines is 1. The summed E-state index contributed by atoms with van der Waals surface area (Å²) in [5.41, 5.74) is 15.9. The van der Waals surface area contributed by atoms with Crippen LogP contribution < -0.4 is 16.4 Å². The van der Waals surface area contributed by atoms with E-state index < -0.39 is 0 Å². The monoisotopic (exact) mass is 353 g/mol. The van der Waals surface area contributed by atoms with E-state index in [4.69, 9.17) is 5.73 Å². The second-order valence-corrected chi connectivity index (χ2v) is 7.93. The van der Waals surface area contributed by atoms with Crippen LogP contribution in [0, 0.1) is 0 Å². The van der Waals surface area contributed by atoms with E-state index in [0.29, 0.717) is 12.6 Å². The molecular formula is C23H35N3. The standard InChI is InChI=1S/C23H35N3/c1-4-18-12-20(14-19-9-10-25-17(3)11-16(19)2)22(15-24)23(13-18)26-21-7-5-6-8-21/h11-13,21,25-26H,4-10,14-15,24H2,1-3H3. The smallest absolute Gasteiger partial charge is 0.0393 e. The summed E-state index contributed by atoms with van der Waals surface area (Å²) in [5.74, 6) is 0. The molecule has 3 rings (SSSR count). The van der Waals surface area contributed by atoms with Crippen LogP contribution in [0.2, 0.25) is 0 Å². The third-order valence-electron chi connectivity index (χ3n) is 5.95. The molecule has 1 aromatic carbocycles. The van der Waals surface area contributed by atoms with E-state index in [1.54, 1.807) is 0 Å². The minimum Gasteiger partial charge on any atom is -0.388 e. The zero-order chi connectivity index (χ0) is 18.5. The number of rotatable bonds is 6. The summed E-state index contributed by atoms with van der Waals surface area (Å²) in [6.07, 6.45) is 10.7. The van der Waals surface area contributed by atoms with Gasteiger partial charge < -0.3 is 16.4 Å². The lowest BCUT2D eigenvalue weighted by Crippen LogP contribution is -2.18. The molecule has 1 aliphatic carbocycles. The number of nitrogens with two attached hydrogens (primary N) is 1. The van der Waals surface area contributed by atoms with Crippen molar-refractivity contribution in [3.8, 4) is 0 Å². The SMILES string of the molecule is CCc1cc(CC2=C(C)C=C(C)NCC2)c(CN)c(NC2CCCC2)c1. The van der Waals surface area contributed by atoms with E-state index in [1.807, 2.05) is 0 Å². The highest BCUT2D eigenvalue weighted by Gasteiger charge is 2.18. The minimum absolute atomic E-state index is 0.605. The fourth-order valence-electron chi connectivity index (χ4n) is 4.36. The molecular weight excluding hydrogens is 318 g/mol. The van der Waals surface area contributed by atoms with Gasteiger partial charge in [0.15, 0.2) is 0 Å². The second-order valence-electron chi connectivity index (χ2n) is 7.93. The summed E-state index contributed by atoms with van der Waals surface area (Å²) in [7, 11) is 0. The van der Waals surface area contributed by atoms with Crippen LogP contribution in [0.3, 0.4) is 0 Å². The highest BCUT2D eigenvalue weighted by molar-refractivity contribution is 5.58. The third kappa shape index (κ3) is 4.50. The van der Waals surface area contributed by atoms with E-state index in [0.717, 1.165) is 25.8 Å². The molecule has 0 bridgehead atoms. The molecule has 1 aromatic rings. The van der Waals surface area contributed by atoms with Gasteiger partial charge in [0.25, 0.3) is 0 Å². The van der Waals surface area contributed by atoms with Gasteiger partial charge in [-0.25, -0.2) is 0 Å². The molecule has 0 unspecified atom stereocenters. The first-order valence-electron chi connectivity index (χ1n) is 10.3. The highest BCUT2D eigenvalue weighted by Crippen LogP contribution is 2.30. The average molecular weight is 354 g/mol. The van der Waals surface area contributed by atoms with Gasteiger partial charge in [0, 0.05) is 30.5 Å². The van der Waals surface area contributed by atoms with Crippen molar-refractivity contribution in [3.05, 3.63) is 51.7 Å². The molecule has 1 saturated carbocycles. The van der Waals surface area contributed by atoms with Crippen molar-refractivity contribution >= 4 is 5.69 Å². The first-order valence-corrected chi connectivity index (χ1v) is 10.3. The summed E-state index contributed by atoms with van der Waals surface area (Å²) in [6.45, 7) is 8.27. The number of nitrogens with one attached hydrogen (secondary N) is 2. The van der Waals surface area contributed by atoms with Gasteiger partial charge in [-0.1, -0.05) is 31.4 Å². The highest BCUT2D eigenvalue weighted by atomic mass is 14.9. The summed E-state index contributed by atoms with van der Waals surface area (Å²) in [6, 6.07) is 5.34. The Hall–Kier alpha value is -1.74. The Morgan fingerprint density at radius 2 is 1.96 bits per heavy atom. The molecule has 26 heavy (non-hydrogen) atoms. The average Bonchev–Trinajstić information content (AvgIpc) is 3.07. The van der Waals surface area contributed by atoms with Crippen LogP contribution in [0.5, 0.6) is 0 Å². The van der Waals surface area contributed by atoms with Gasteiger partial charge in [0.2, 0.25) is 0 Å². The molecule has 0 amide bonds. The first-order chi connectivity index (χ1) is 12.6. The van der Waals surface area contributed by atoms with E-state index in [-0.39, 0.29) is 0 Å². The Morgan fingerprint density at radius 3 is 2.65 bits per heavy atom.